The zero-order valence-electron chi connectivity index (χ0n) is 9.57. The Hall–Kier alpha value is -1.58. The number of hydrogen-bond acceptors (Lipinski definition) is 3. The van der Waals surface area contributed by atoms with E-state index in [2.05, 4.69) is 30.9 Å². The van der Waals surface area contributed by atoms with Crippen molar-refractivity contribution in [3.63, 3.8) is 0 Å². The maximum absolute atomic E-state index is 5.71. The van der Waals surface area contributed by atoms with Crippen LogP contribution in [-0.4, -0.2) is 14.8 Å². The number of nitrogen functional groups attached to an aromatic ring is 1. The Morgan fingerprint density at radius 3 is 2.60 bits per heavy atom. The van der Waals surface area contributed by atoms with Gasteiger partial charge in [0.25, 0.3) is 0 Å². The van der Waals surface area contributed by atoms with Gasteiger partial charge in [-0.1, -0.05) is 0 Å². The van der Waals surface area contributed by atoms with Crippen molar-refractivity contribution in [1.82, 2.24) is 14.8 Å². The van der Waals surface area contributed by atoms with Crippen LogP contribution in [0.4, 0.5) is 5.69 Å². The highest BCUT2D eigenvalue weighted by Gasteiger charge is 2.19. The Morgan fingerprint density at radius 1 is 1.33 bits per heavy atom. The van der Waals surface area contributed by atoms with E-state index in [1.807, 2.05) is 17.7 Å². The first-order valence-electron chi connectivity index (χ1n) is 5.01. The van der Waals surface area contributed by atoms with Gasteiger partial charge in [0.2, 0.25) is 0 Å². The fourth-order valence-electron chi connectivity index (χ4n) is 1.63. The van der Waals surface area contributed by atoms with Crippen LogP contribution in [0.25, 0.3) is 11.0 Å². The minimum atomic E-state index is -0.0599. The zero-order chi connectivity index (χ0) is 11.2. The van der Waals surface area contributed by atoms with Gasteiger partial charge >= 0.3 is 0 Å². The molecule has 2 N–H and O–H groups in total. The summed E-state index contributed by atoms with van der Waals surface area (Å²) in [5, 5.41) is 5.53. The normalized spacial score (nSPS) is 12.3. The van der Waals surface area contributed by atoms with Crippen molar-refractivity contribution in [2.45, 2.75) is 33.2 Å². The van der Waals surface area contributed by atoms with Crippen LogP contribution < -0.4 is 5.73 Å². The van der Waals surface area contributed by atoms with Crippen molar-refractivity contribution >= 4 is 16.7 Å². The maximum atomic E-state index is 5.71. The minimum absolute atomic E-state index is 0.0599. The number of anilines is 1. The van der Waals surface area contributed by atoms with Crippen molar-refractivity contribution in [3.05, 3.63) is 18.0 Å². The predicted octanol–water partition coefficient (Wildman–Crippen LogP) is 2.08. The van der Waals surface area contributed by atoms with E-state index in [-0.39, 0.29) is 5.54 Å². The molecule has 80 valence electrons. The average Bonchev–Trinajstić information content (AvgIpc) is 2.43. The molecule has 0 aromatic carbocycles. The van der Waals surface area contributed by atoms with E-state index < -0.39 is 0 Å². The summed E-state index contributed by atoms with van der Waals surface area (Å²) < 4.78 is 1.94. The second kappa shape index (κ2) is 2.95. The van der Waals surface area contributed by atoms with Gasteiger partial charge in [0, 0.05) is 5.39 Å². The van der Waals surface area contributed by atoms with Gasteiger partial charge in [0.1, 0.15) is 0 Å². The first-order chi connectivity index (χ1) is 6.89. The molecule has 2 heterocycles. The average molecular weight is 204 g/mol. The molecule has 15 heavy (non-hydrogen) atoms. The quantitative estimate of drug-likeness (QED) is 0.714. The molecule has 0 aliphatic rings. The van der Waals surface area contributed by atoms with Crippen LogP contribution in [-0.2, 0) is 5.54 Å². The van der Waals surface area contributed by atoms with E-state index >= 15 is 0 Å². The Balaban J connectivity index is 2.79. The van der Waals surface area contributed by atoms with Crippen molar-refractivity contribution in [3.8, 4) is 0 Å². The Bertz CT molecular complexity index is 505. The fraction of sp³-hybridized carbons (Fsp3) is 0.455. The molecule has 2 aromatic heterocycles. The maximum Gasteiger partial charge on any atom is 0.158 e. The molecule has 0 unspecified atom stereocenters. The smallest absolute Gasteiger partial charge is 0.158 e. The van der Waals surface area contributed by atoms with Crippen molar-refractivity contribution in [1.29, 1.82) is 0 Å². The van der Waals surface area contributed by atoms with Crippen LogP contribution in [0, 0.1) is 6.92 Å². The summed E-state index contributed by atoms with van der Waals surface area (Å²) in [5.74, 6) is 0. The summed E-state index contributed by atoms with van der Waals surface area (Å²) in [4.78, 5) is 4.34. The molecule has 4 heteroatoms. The van der Waals surface area contributed by atoms with Crippen LogP contribution in [0.3, 0.4) is 0 Å². The molecule has 4 nitrogen and oxygen atoms in total. The summed E-state index contributed by atoms with van der Waals surface area (Å²) >= 11 is 0. The van der Waals surface area contributed by atoms with Crippen molar-refractivity contribution in [2.75, 3.05) is 5.73 Å². The van der Waals surface area contributed by atoms with Crippen LogP contribution >= 0.6 is 0 Å². The topological polar surface area (TPSA) is 56.7 Å². The van der Waals surface area contributed by atoms with Crippen LogP contribution in [0.2, 0.25) is 0 Å². The lowest BCUT2D eigenvalue weighted by Gasteiger charge is -2.19. The number of nitrogens with two attached hydrogens (primary N) is 1. The number of aromatic nitrogens is 3. The first kappa shape index (κ1) is 9.96. The Morgan fingerprint density at radius 2 is 2.00 bits per heavy atom. The van der Waals surface area contributed by atoms with Gasteiger partial charge in [-0.3, -0.25) is 0 Å². The molecule has 0 bridgehead atoms. The third-order valence-electron chi connectivity index (χ3n) is 2.36. The standard InChI is InChI=1S/C11H16N4/c1-7-9-5-8(12)6-13-10(9)15(14-7)11(2,3)4/h5-6H,12H2,1-4H3. The van der Waals surface area contributed by atoms with E-state index in [1.54, 1.807) is 6.20 Å². The molecule has 0 saturated heterocycles. The van der Waals surface area contributed by atoms with Crippen LogP contribution in [0.15, 0.2) is 12.3 Å². The second-order valence-electron chi connectivity index (χ2n) is 4.81. The van der Waals surface area contributed by atoms with E-state index in [0.717, 1.165) is 16.7 Å². The second-order valence-corrected chi connectivity index (χ2v) is 4.81. The number of rotatable bonds is 0. The lowest BCUT2D eigenvalue weighted by atomic mass is 10.1. The summed E-state index contributed by atoms with van der Waals surface area (Å²) in [6.07, 6.45) is 1.67. The summed E-state index contributed by atoms with van der Waals surface area (Å²) in [6, 6.07) is 1.92. The SMILES string of the molecule is Cc1nn(C(C)(C)C)c2ncc(N)cc12. The van der Waals surface area contributed by atoms with Gasteiger partial charge < -0.3 is 5.73 Å². The lowest BCUT2D eigenvalue weighted by Crippen LogP contribution is -2.23. The molecule has 0 radical (unpaired) electrons. The monoisotopic (exact) mass is 204 g/mol. The summed E-state index contributed by atoms with van der Waals surface area (Å²) in [5.41, 5.74) is 8.20. The molecular formula is C11H16N4. The number of aryl methyl sites for hydroxylation is 1. The lowest BCUT2D eigenvalue weighted by molar-refractivity contribution is 0.364. The highest BCUT2D eigenvalue weighted by atomic mass is 15.3. The zero-order valence-corrected chi connectivity index (χ0v) is 9.57. The van der Waals surface area contributed by atoms with Gasteiger partial charge in [-0.15, -0.1) is 0 Å². The number of nitrogens with zero attached hydrogens (tertiary/aromatic N) is 3. The molecule has 0 atom stereocenters. The molecule has 2 rings (SSSR count). The van der Waals surface area contributed by atoms with Gasteiger partial charge in [0.05, 0.1) is 23.1 Å². The van der Waals surface area contributed by atoms with E-state index in [9.17, 15) is 0 Å². The number of fused-ring (bicyclic) bond motifs is 1. The largest absolute Gasteiger partial charge is 0.397 e. The van der Waals surface area contributed by atoms with Gasteiger partial charge in [-0.25, -0.2) is 9.67 Å². The molecule has 2 aromatic rings. The molecular weight excluding hydrogens is 188 g/mol. The third kappa shape index (κ3) is 1.56. The van der Waals surface area contributed by atoms with E-state index in [1.165, 1.54) is 0 Å². The van der Waals surface area contributed by atoms with E-state index in [4.69, 9.17) is 5.73 Å². The molecule has 0 aliphatic heterocycles. The summed E-state index contributed by atoms with van der Waals surface area (Å²) in [6.45, 7) is 8.30. The fourth-order valence-corrected chi connectivity index (χ4v) is 1.63. The molecule has 0 fully saturated rings. The Labute approximate surface area is 89.1 Å². The summed E-state index contributed by atoms with van der Waals surface area (Å²) in [7, 11) is 0. The van der Waals surface area contributed by atoms with Crippen LogP contribution in [0.5, 0.6) is 0 Å². The third-order valence-corrected chi connectivity index (χ3v) is 2.36. The van der Waals surface area contributed by atoms with Gasteiger partial charge in [0.15, 0.2) is 5.65 Å². The van der Waals surface area contributed by atoms with Crippen molar-refractivity contribution < 1.29 is 0 Å². The molecule has 0 saturated carbocycles. The van der Waals surface area contributed by atoms with Crippen molar-refractivity contribution in [2.24, 2.45) is 0 Å². The number of pyridine rings is 1. The van der Waals surface area contributed by atoms with Gasteiger partial charge in [-0.05, 0) is 33.8 Å². The highest BCUT2D eigenvalue weighted by molar-refractivity contribution is 5.81. The Kier molecular flexibility index (Phi) is 1.96. The van der Waals surface area contributed by atoms with Gasteiger partial charge in [-0.2, -0.15) is 5.10 Å². The molecule has 0 amide bonds. The molecule has 0 spiro atoms. The van der Waals surface area contributed by atoms with E-state index in [0.29, 0.717) is 5.69 Å². The highest BCUT2D eigenvalue weighted by Crippen LogP contribution is 2.23. The molecule has 0 aliphatic carbocycles. The minimum Gasteiger partial charge on any atom is -0.397 e. The number of hydrogen-bond donors (Lipinski definition) is 1. The first-order valence-corrected chi connectivity index (χ1v) is 5.01. The predicted molar refractivity (Wildman–Crippen MR) is 61.7 cm³/mol. The van der Waals surface area contributed by atoms with Crippen LogP contribution in [0.1, 0.15) is 26.5 Å².